The van der Waals surface area contributed by atoms with Gasteiger partial charge >= 0.3 is 6.03 Å². The number of amides is 2. The highest BCUT2D eigenvalue weighted by Gasteiger charge is 2.23. The number of rotatable bonds is 5. The number of nitrogens with one attached hydrogen (secondary N) is 2. The summed E-state index contributed by atoms with van der Waals surface area (Å²) < 4.78 is 10.7. The van der Waals surface area contributed by atoms with E-state index in [2.05, 4.69) is 43.5 Å². The standard InChI is InChI=1S/C21H26N2O3/c1-14-7-5-6-8-17(14)21(3,4)12-22-20(24)23-15(2)16-9-10-18-19(11-16)26-13-25-18/h5-11,15H,12-13H2,1-4H3,(H2,22,23,24). The zero-order valence-corrected chi connectivity index (χ0v) is 15.8. The second kappa shape index (κ2) is 7.28. The average molecular weight is 354 g/mol. The van der Waals surface area contributed by atoms with E-state index in [1.54, 1.807) is 0 Å². The number of ether oxygens (including phenoxy) is 2. The molecule has 0 saturated heterocycles. The van der Waals surface area contributed by atoms with Gasteiger partial charge in [0, 0.05) is 12.0 Å². The molecule has 1 aliphatic heterocycles. The van der Waals surface area contributed by atoms with E-state index < -0.39 is 0 Å². The van der Waals surface area contributed by atoms with Gasteiger partial charge in [-0.05, 0) is 42.7 Å². The SMILES string of the molecule is Cc1ccccc1C(C)(C)CNC(=O)NC(C)c1ccc2c(c1)OCO2. The van der Waals surface area contributed by atoms with E-state index in [9.17, 15) is 4.79 Å². The van der Waals surface area contributed by atoms with Crippen molar-refractivity contribution in [3.63, 3.8) is 0 Å². The van der Waals surface area contributed by atoms with Crippen molar-refractivity contribution in [1.29, 1.82) is 0 Å². The third-order valence-electron chi connectivity index (χ3n) is 4.81. The fourth-order valence-electron chi connectivity index (χ4n) is 3.24. The number of carbonyl (C=O) groups is 1. The Kier molecular flexibility index (Phi) is 5.07. The number of benzene rings is 2. The molecule has 3 rings (SSSR count). The molecule has 1 unspecified atom stereocenters. The quantitative estimate of drug-likeness (QED) is 0.851. The van der Waals surface area contributed by atoms with Crippen molar-refractivity contribution in [2.24, 2.45) is 0 Å². The maximum atomic E-state index is 12.3. The summed E-state index contributed by atoms with van der Waals surface area (Å²) in [5.74, 6) is 1.46. The lowest BCUT2D eigenvalue weighted by atomic mass is 9.82. The lowest BCUT2D eigenvalue weighted by Crippen LogP contribution is -2.43. The van der Waals surface area contributed by atoms with Crippen molar-refractivity contribution < 1.29 is 14.3 Å². The molecule has 5 heteroatoms. The maximum Gasteiger partial charge on any atom is 0.315 e. The number of aryl methyl sites for hydroxylation is 1. The molecule has 0 bridgehead atoms. The Balaban J connectivity index is 1.58. The molecule has 0 spiro atoms. The molecule has 2 amide bonds. The van der Waals surface area contributed by atoms with Gasteiger partial charge < -0.3 is 20.1 Å². The Morgan fingerprint density at radius 2 is 1.88 bits per heavy atom. The first-order chi connectivity index (χ1) is 12.4. The zero-order valence-electron chi connectivity index (χ0n) is 15.8. The van der Waals surface area contributed by atoms with Crippen LogP contribution in [0.3, 0.4) is 0 Å². The van der Waals surface area contributed by atoms with E-state index in [-0.39, 0.29) is 24.3 Å². The maximum absolute atomic E-state index is 12.3. The van der Waals surface area contributed by atoms with E-state index in [0.29, 0.717) is 6.54 Å². The smallest absolute Gasteiger partial charge is 0.315 e. The first-order valence-electron chi connectivity index (χ1n) is 8.87. The van der Waals surface area contributed by atoms with Gasteiger partial charge in [0.25, 0.3) is 0 Å². The molecule has 1 aliphatic rings. The van der Waals surface area contributed by atoms with Crippen molar-refractivity contribution in [3.8, 4) is 11.5 Å². The normalized spacial score (nSPS) is 14.0. The van der Waals surface area contributed by atoms with Crippen LogP contribution in [0.1, 0.15) is 43.5 Å². The fraction of sp³-hybridized carbons (Fsp3) is 0.381. The number of fused-ring (bicyclic) bond motifs is 1. The fourth-order valence-corrected chi connectivity index (χ4v) is 3.24. The van der Waals surface area contributed by atoms with Crippen LogP contribution in [0.15, 0.2) is 42.5 Å². The van der Waals surface area contributed by atoms with Gasteiger partial charge in [0.2, 0.25) is 6.79 Å². The van der Waals surface area contributed by atoms with E-state index >= 15 is 0 Å². The molecule has 1 atom stereocenters. The van der Waals surface area contributed by atoms with Crippen LogP contribution in [0.25, 0.3) is 0 Å². The highest BCUT2D eigenvalue weighted by atomic mass is 16.7. The van der Waals surface area contributed by atoms with Crippen molar-refractivity contribution in [2.75, 3.05) is 13.3 Å². The number of urea groups is 1. The summed E-state index contributed by atoms with van der Waals surface area (Å²) in [4.78, 5) is 12.3. The second-order valence-electron chi connectivity index (χ2n) is 7.36. The molecular formula is C21H26N2O3. The van der Waals surface area contributed by atoms with Crippen LogP contribution in [0.4, 0.5) is 4.79 Å². The van der Waals surface area contributed by atoms with E-state index in [4.69, 9.17) is 9.47 Å². The Morgan fingerprint density at radius 3 is 2.65 bits per heavy atom. The summed E-state index contributed by atoms with van der Waals surface area (Å²) in [5, 5.41) is 5.98. The van der Waals surface area contributed by atoms with Gasteiger partial charge in [0.15, 0.2) is 11.5 Å². The summed E-state index contributed by atoms with van der Waals surface area (Å²) in [6.45, 7) is 9.11. The van der Waals surface area contributed by atoms with Gasteiger partial charge in [-0.3, -0.25) is 0 Å². The van der Waals surface area contributed by atoms with Crippen LogP contribution in [-0.4, -0.2) is 19.4 Å². The highest BCUT2D eigenvalue weighted by molar-refractivity contribution is 5.74. The summed E-state index contributed by atoms with van der Waals surface area (Å²) in [6.07, 6.45) is 0. The third kappa shape index (κ3) is 3.93. The van der Waals surface area contributed by atoms with Crippen molar-refractivity contribution in [1.82, 2.24) is 10.6 Å². The molecule has 5 nitrogen and oxygen atoms in total. The van der Waals surface area contributed by atoms with Gasteiger partial charge in [-0.1, -0.05) is 44.2 Å². The van der Waals surface area contributed by atoms with Crippen LogP contribution in [0, 0.1) is 6.92 Å². The van der Waals surface area contributed by atoms with Gasteiger partial charge in [-0.15, -0.1) is 0 Å². The largest absolute Gasteiger partial charge is 0.454 e. The van der Waals surface area contributed by atoms with Crippen molar-refractivity contribution >= 4 is 6.03 Å². The molecule has 2 aromatic rings. The summed E-state index contributed by atoms with van der Waals surface area (Å²) in [7, 11) is 0. The minimum absolute atomic E-state index is 0.133. The molecule has 1 heterocycles. The van der Waals surface area contributed by atoms with E-state index in [1.165, 1.54) is 11.1 Å². The summed E-state index contributed by atoms with van der Waals surface area (Å²) in [5.41, 5.74) is 3.30. The number of hydrogen-bond donors (Lipinski definition) is 2. The highest BCUT2D eigenvalue weighted by Crippen LogP contribution is 2.34. The van der Waals surface area contributed by atoms with Crippen LogP contribution >= 0.6 is 0 Å². The zero-order chi connectivity index (χ0) is 18.7. The van der Waals surface area contributed by atoms with Crippen molar-refractivity contribution in [3.05, 3.63) is 59.2 Å². The lowest BCUT2D eigenvalue weighted by Gasteiger charge is -2.28. The molecule has 26 heavy (non-hydrogen) atoms. The molecule has 0 fully saturated rings. The first kappa shape index (κ1) is 18.1. The molecule has 0 radical (unpaired) electrons. The van der Waals surface area contributed by atoms with Crippen LogP contribution in [-0.2, 0) is 5.41 Å². The predicted molar refractivity (Wildman–Crippen MR) is 102 cm³/mol. The number of carbonyl (C=O) groups excluding carboxylic acids is 1. The molecule has 0 aliphatic carbocycles. The monoisotopic (exact) mass is 354 g/mol. The lowest BCUT2D eigenvalue weighted by molar-refractivity contribution is 0.174. The van der Waals surface area contributed by atoms with Gasteiger partial charge in [0.05, 0.1) is 6.04 Å². The minimum atomic E-state index is -0.183. The Labute approximate surface area is 154 Å². The Hall–Kier alpha value is -2.69. The molecule has 0 aromatic heterocycles. The molecule has 2 N–H and O–H groups in total. The minimum Gasteiger partial charge on any atom is -0.454 e. The summed E-state index contributed by atoms with van der Waals surface area (Å²) in [6, 6.07) is 13.7. The van der Waals surface area contributed by atoms with E-state index in [0.717, 1.165) is 17.1 Å². The summed E-state index contributed by atoms with van der Waals surface area (Å²) >= 11 is 0. The Bertz CT molecular complexity index is 802. The van der Waals surface area contributed by atoms with Gasteiger partial charge in [-0.2, -0.15) is 0 Å². The van der Waals surface area contributed by atoms with Gasteiger partial charge in [0.1, 0.15) is 0 Å². The predicted octanol–water partition coefficient (Wildman–Crippen LogP) is 4.06. The van der Waals surface area contributed by atoms with Crippen molar-refractivity contribution in [2.45, 2.75) is 39.2 Å². The second-order valence-corrected chi connectivity index (χ2v) is 7.36. The van der Waals surface area contributed by atoms with Crippen LogP contribution in [0.2, 0.25) is 0 Å². The van der Waals surface area contributed by atoms with Crippen LogP contribution in [0.5, 0.6) is 11.5 Å². The molecule has 0 saturated carbocycles. The average Bonchev–Trinajstić information content (AvgIpc) is 3.08. The third-order valence-corrected chi connectivity index (χ3v) is 4.81. The van der Waals surface area contributed by atoms with E-state index in [1.807, 2.05) is 37.3 Å². The Morgan fingerprint density at radius 1 is 1.15 bits per heavy atom. The molecule has 2 aromatic carbocycles. The molecule has 138 valence electrons. The first-order valence-corrected chi connectivity index (χ1v) is 8.87. The van der Waals surface area contributed by atoms with Crippen LogP contribution < -0.4 is 20.1 Å². The topological polar surface area (TPSA) is 59.6 Å². The molecular weight excluding hydrogens is 328 g/mol. The van der Waals surface area contributed by atoms with Gasteiger partial charge in [-0.25, -0.2) is 4.79 Å². The number of hydrogen-bond acceptors (Lipinski definition) is 3.